The predicted molar refractivity (Wildman–Crippen MR) is 76.0 cm³/mol. The summed E-state index contributed by atoms with van der Waals surface area (Å²) in [5, 5.41) is 0. The molecule has 2 aliphatic rings. The van der Waals surface area contributed by atoms with Crippen molar-refractivity contribution in [3.05, 3.63) is 0 Å². The molecule has 2 aliphatic heterocycles. The molecule has 0 aromatic heterocycles. The molecular formula is C13H22O2S2. The molecule has 2 nitrogen and oxygen atoms in total. The van der Waals surface area contributed by atoms with E-state index in [2.05, 4.69) is 6.92 Å². The molecule has 2 heterocycles. The van der Waals surface area contributed by atoms with Crippen LogP contribution < -0.4 is 0 Å². The normalized spacial score (nSPS) is 33.1. The average molecular weight is 274 g/mol. The number of ether oxygens (including phenoxy) is 1. The van der Waals surface area contributed by atoms with Crippen LogP contribution in [0.15, 0.2) is 0 Å². The molecular weight excluding hydrogens is 252 g/mol. The Morgan fingerprint density at radius 2 is 2.47 bits per heavy atom. The van der Waals surface area contributed by atoms with Crippen molar-refractivity contribution in [2.45, 2.75) is 38.2 Å². The number of carbonyl (C=O) groups is 1. The molecule has 0 aromatic rings. The van der Waals surface area contributed by atoms with Gasteiger partial charge in [-0.1, -0.05) is 6.92 Å². The number of hydrogen-bond donors (Lipinski definition) is 0. The zero-order valence-corrected chi connectivity index (χ0v) is 12.2. The van der Waals surface area contributed by atoms with Crippen LogP contribution in [0.2, 0.25) is 0 Å². The molecule has 2 saturated heterocycles. The number of rotatable bonds is 5. The van der Waals surface area contributed by atoms with E-state index in [0.717, 1.165) is 43.8 Å². The Morgan fingerprint density at radius 1 is 1.59 bits per heavy atom. The van der Waals surface area contributed by atoms with Gasteiger partial charge in [0.15, 0.2) is 0 Å². The first-order valence-corrected chi connectivity index (χ1v) is 8.89. The molecule has 2 unspecified atom stereocenters. The summed E-state index contributed by atoms with van der Waals surface area (Å²) >= 11 is 3.76. The molecule has 0 aliphatic carbocycles. The fraction of sp³-hybridized carbons (Fsp3) is 0.923. The summed E-state index contributed by atoms with van der Waals surface area (Å²) in [6, 6.07) is 0. The molecule has 0 N–H and O–H groups in total. The zero-order valence-electron chi connectivity index (χ0n) is 10.6. The highest BCUT2D eigenvalue weighted by Crippen LogP contribution is 2.40. The maximum absolute atomic E-state index is 12.1. The molecule has 98 valence electrons. The van der Waals surface area contributed by atoms with Gasteiger partial charge in [0, 0.05) is 18.3 Å². The van der Waals surface area contributed by atoms with Gasteiger partial charge in [0.1, 0.15) is 5.78 Å². The van der Waals surface area contributed by atoms with E-state index in [1.807, 2.05) is 11.8 Å². The number of ketones is 1. The highest BCUT2D eigenvalue weighted by molar-refractivity contribution is 8.00. The van der Waals surface area contributed by atoms with Crippen molar-refractivity contribution < 1.29 is 9.53 Å². The lowest BCUT2D eigenvalue weighted by atomic mass is 9.83. The molecule has 4 heteroatoms. The van der Waals surface area contributed by atoms with Crippen LogP contribution in [0.1, 0.15) is 32.6 Å². The van der Waals surface area contributed by atoms with E-state index < -0.39 is 0 Å². The Kier molecular flexibility index (Phi) is 5.25. The van der Waals surface area contributed by atoms with Crippen LogP contribution in [-0.4, -0.2) is 41.0 Å². The van der Waals surface area contributed by atoms with Gasteiger partial charge in [0.2, 0.25) is 0 Å². The summed E-state index contributed by atoms with van der Waals surface area (Å²) in [6.07, 6.45) is 4.22. The maximum Gasteiger partial charge on any atom is 0.146 e. The van der Waals surface area contributed by atoms with E-state index >= 15 is 0 Å². The first-order chi connectivity index (χ1) is 8.26. The second-order valence-electron chi connectivity index (χ2n) is 5.04. The Hall–Kier alpha value is 0.330. The molecule has 1 spiro atoms. The van der Waals surface area contributed by atoms with E-state index in [0.29, 0.717) is 11.5 Å². The van der Waals surface area contributed by atoms with Crippen LogP contribution in [0.4, 0.5) is 0 Å². The lowest BCUT2D eigenvalue weighted by molar-refractivity contribution is -0.131. The van der Waals surface area contributed by atoms with Gasteiger partial charge in [-0.25, -0.2) is 0 Å². The number of Topliss-reactive ketones (excluding diaryl/α,β-unsaturated/α-hetero) is 1. The Bertz CT molecular complexity index is 262. The summed E-state index contributed by atoms with van der Waals surface area (Å²) in [4.78, 5) is 12.1. The van der Waals surface area contributed by atoms with Crippen LogP contribution in [-0.2, 0) is 9.53 Å². The second kappa shape index (κ2) is 6.48. The third-order valence-electron chi connectivity index (χ3n) is 3.61. The van der Waals surface area contributed by atoms with Gasteiger partial charge in [0.05, 0.1) is 11.4 Å². The Balaban J connectivity index is 1.82. The van der Waals surface area contributed by atoms with Crippen LogP contribution in [0, 0.1) is 5.92 Å². The minimum Gasteiger partial charge on any atom is -0.374 e. The van der Waals surface area contributed by atoms with Gasteiger partial charge in [0.25, 0.3) is 0 Å². The first kappa shape index (κ1) is 13.8. The Morgan fingerprint density at radius 3 is 3.18 bits per heavy atom. The van der Waals surface area contributed by atoms with Crippen molar-refractivity contribution in [1.82, 2.24) is 0 Å². The molecule has 0 amide bonds. The fourth-order valence-electron chi connectivity index (χ4n) is 2.60. The van der Waals surface area contributed by atoms with Crippen LogP contribution in [0.5, 0.6) is 0 Å². The van der Waals surface area contributed by atoms with E-state index in [9.17, 15) is 4.79 Å². The predicted octanol–water partition coefficient (Wildman–Crippen LogP) is 3.00. The standard InChI is InChI=1S/C13H22O2S2/c1-2-6-16-9-12(14)11-3-5-15-13(8-11)4-7-17-10-13/h11H,2-10H2,1H3. The summed E-state index contributed by atoms with van der Waals surface area (Å²) < 4.78 is 5.95. The van der Waals surface area contributed by atoms with E-state index in [1.54, 1.807) is 11.8 Å². The highest BCUT2D eigenvalue weighted by atomic mass is 32.2. The minimum absolute atomic E-state index is 0.0542. The SMILES string of the molecule is CCCSCC(=O)C1CCOC2(CCSC2)C1. The summed E-state index contributed by atoms with van der Waals surface area (Å²) in [5.74, 6) is 4.84. The molecule has 2 atom stereocenters. The Labute approximate surface area is 113 Å². The van der Waals surface area contributed by atoms with Crippen molar-refractivity contribution in [2.24, 2.45) is 5.92 Å². The van der Waals surface area contributed by atoms with Gasteiger partial charge >= 0.3 is 0 Å². The number of carbonyl (C=O) groups excluding carboxylic acids is 1. The van der Waals surface area contributed by atoms with E-state index in [-0.39, 0.29) is 11.5 Å². The van der Waals surface area contributed by atoms with Crippen molar-refractivity contribution in [2.75, 3.05) is 29.6 Å². The number of hydrogen-bond acceptors (Lipinski definition) is 4. The smallest absolute Gasteiger partial charge is 0.146 e. The van der Waals surface area contributed by atoms with Crippen LogP contribution in [0.3, 0.4) is 0 Å². The number of thioether (sulfide) groups is 2. The molecule has 17 heavy (non-hydrogen) atoms. The quantitative estimate of drug-likeness (QED) is 0.720. The van der Waals surface area contributed by atoms with Crippen LogP contribution in [0.25, 0.3) is 0 Å². The third kappa shape index (κ3) is 3.65. The first-order valence-electron chi connectivity index (χ1n) is 6.58. The van der Waals surface area contributed by atoms with Gasteiger partial charge in [-0.3, -0.25) is 4.79 Å². The molecule has 2 rings (SSSR count). The van der Waals surface area contributed by atoms with Crippen LogP contribution >= 0.6 is 23.5 Å². The monoisotopic (exact) mass is 274 g/mol. The maximum atomic E-state index is 12.1. The molecule has 2 fully saturated rings. The van der Waals surface area contributed by atoms with E-state index in [1.165, 1.54) is 5.75 Å². The lowest BCUT2D eigenvalue weighted by Gasteiger charge is -2.37. The molecule has 0 aromatic carbocycles. The third-order valence-corrected chi connectivity index (χ3v) is 6.02. The minimum atomic E-state index is 0.0542. The molecule has 0 bridgehead atoms. The van der Waals surface area contributed by atoms with Gasteiger partial charge in [-0.2, -0.15) is 23.5 Å². The average Bonchev–Trinajstić information content (AvgIpc) is 2.77. The zero-order chi connectivity index (χ0) is 12.1. The van der Waals surface area contributed by atoms with Gasteiger partial charge in [-0.15, -0.1) is 0 Å². The largest absolute Gasteiger partial charge is 0.374 e. The second-order valence-corrected chi connectivity index (χ2v) is 7.25. The molecule has 0 radical (unpaired) electrons. The topological polar surface area (TPSA) is 26.3 Å². The van der Waals surface area contributed by atoms with Gasteiger partial charge < -0.3 is 4.74 Å². The van der Waals surface area contributed by atoms with Gasteiger partial charge in [-0.05, 0) is 37.2 Å². The van der Waals surface area contributed by atoms with Crippen molar-refractivity contribution >= 4 is 29.3 Å². The molecule has 0 saturated carbocycles. The highest BCUT2D eigenvalue weighted by Gasteiger charge is 2.42. The summed E-state index contributed by atoms with van der Waals surface area (Å²) in [6.45, 7) is 2.95. The summed E-state index contributed by atoms with van der Waals surface area (Å²) in [7, 11) is 0. The van der Waals surface area contributed by atoms with Crippen molar-refractivity contribution in [1.29, 1.82) is 0 Å². The fourth-order valence-corrected chi connectivity index (χ4v) is 4.85. The van der Waals surface area contributed by atoms with Crippen molar-refractivity contribution in [3.63, 3.8) is 0 Å². The van der Waals surface area contributed by atoms with E-state index in [4.69, 9.17) is 4.74 Å². The van der Waals surface area contributed by atoms with Crippen molar-refractivity contribution in [3.8, 4) is 0 Å². The summed E-state index contributed by atoms with van der Waals surface area (Å²) in [5.41, 5.74) is 0.0542. The lowest BCUT2D eigenvalue weighted by Crippen LogP contribution is -2.42.